The Morgan fingerprint density at radius 1 is 1.27 bits per heavy atom. The van der Waals surface area contributed by atoms with Gasteiger partial charge in [-0.3, -0.25) is 0 Å². The molecule has 0 saturated heterocycles. The number of hydrogen-bond donors (Lipinski definition) is 2. The van der Waals surface area contributed by atoms with Crippen LogP contribution in [0.15, 0.2) is 29.8 Å². The Morgan fingerprint density at radius 2 is 1.93 bits per heavy atom. The molecule has 4 N–H and O–H groups in total. The number of aromatic nitrogens is 1. The molecule has 1 heterocycles. The lowest BCUT2D eigenvalue weighted by Crippen LogP contribution is -2.04. The molecule has 0 aliphatic carbocycles. The summed E-state index contributed by atoms with van der Waals surface area (Å²) in [4.78, 5) is 5.04. The minimum absolute atomic E-state index is 0.0675. The summed E-state index contributed by atoms with van der Waals surface area (Å²) in [5.74, 6) is 0.591. The van der Waals surface area contributed by atoms with E-state index in [2.05, 4.69) is 4.98 Å². The Morgan fingerprint density at radius 3 is 2.40 bits per heavy atom. The van der Waals surface area contributed by atoms with Crippen molar-refractivity contribution in [3.05, 3.63) is 35.3 Å². The summed E-state index contributed by atoms with van der Waals surface area (Å²) in [5.41, 5.74) is 15.5. The fourth-order valence-corrected chi connectivity index (χ4v) is 2.13. The number of thiazole rings is 1. The quantitative estimate of drug-likeness (QED) is 0.815. The summed E-state index contributed by atoms with van der Waals surface area (Å²) in [5, 5.41) is 0. The van der Waals surface area contributed by atoms with Crippen LogP contribution >= 0.6 is 11.3 Å². The second-order valence-corrected chi connectivity index (χ2v) is 4.33. The molecular formula is C11H13N3S. The molecule has 4 heteroatoms. The highest BCUT2D eigenvalue weighted by Gasteiger charge is 2.05. The first kappa shape index (κ1) is 10.1. The number of nitrogen functional groups attached to an aromatic ring is 1. The molecule has 0 aliphatic heterocycles. The van der Waals surface area contributed by atoms with Gasteiger partial charge in [0, 0.05) is 6.04 Å². The van der Waals surface area contributed by atoms with Crippen molar-refractivity contribution in [3.8, 4) is 10.4 Å². The van der Waals surface area contributed by atoms with Gasteiger partial charge in [-0.2, -0.15) is 0 Å². The predicted molar refractivity (Wildman–Crippen MR) is 64.6 cm³/mol. The first-order chi connectivity index (χ1) is 7.18. The predicted octanol–water partition coefficient (Wildman–Crippen LogP) is 2.41. The first-order valence-corrected chi connectivity index (χ1v) is 5.61. The molecule has 15 heavy (non-hydrogen) atoms. The minimum Gasteiger partial charge on any atom is -0.382 e. The topological polar surface area (TPSA) is 64.9 Å². The highest BCUT2D eigenvalue weighted by molar-refractivity contribution is 7.13. The molecule has 0 saturated carbocycles. The van der Waals surface area contributed by atoms with E-state index in [0.29, 0.717) is 5.82 Å². The van der Waals surface area contributed by atoms with Crippen molar-refractivity contribution in [2.75, 3.05) is 5.73 Å². The SMILES string of the molecule is C[C@H](N)c1ccc(-c2scnc2N)cc1. The summed E-state index contributed by atoms with van der Waals surface area (Å²) in [7, 11) is 0. The van der Waals surface area contributed by atoms with Crippen LogP contribution in [0.25, 0.3) is 10.4 Å². The zero-order chi connectivity index (χ0) is 10.8. The summed E-state index contributed by atoms with van der Waals surface area (Å²) in [6, 6.07) is 8.18. The van der Waals surface area contributed by atoms with Crippen molar-refractivity contribution in [1.82, 2.24) is 4.98 Å². The van der Waals surface area contributed by atoms with Crippen LogP contribution in [0.2, 0.25) is 0 Å². The average molecular weight is 219 g/mol. The zero-order valence-electron chi connectivity index (χ0n) is 8.47. The Bertz CT molecular complexity index is 445. The first-order valence-electron chi connectivity index (χ1n) is 4.73. The van der Waals surface area contributed by atoms with Gasteiger partial charge in [-0.1, -0.05) is 24.3 Å². The molecular weight excluding hydrogens is 206 g/mol. The number of nitrogens with zero attached hydrogens (tertiary/aromatic N) is 1. The smallest absolute Gasteiger partial charge is 0.142 e. The van der Waals surface area contributed by atoms with Gasteiger partial charge in [0.25, 0.3) is 0 Å². The number of benzene rings is 1. The molecule has 0 fully saturated rings. The third-order valence-electron chi connectivity index (χ3n) is 2.29. The number of hydrogen-bond acceptors (Lipinski definition) is 4. The molecule has 3 nitrogen and oxygen atoms in total. The van der Waals surface area contributed by atoms with Crippen LogP contribution in [-0.2, 0) is 0 Å². The van der Waals surface area contributed by atoms with Gasteiger partial charge in [0.15, 0.2) is 0 Å². The zero-order valence-corrected chi connectivity index (χ0v) is 9.29. The Hall–Kier alpha value is -1.39. The highest BCUT2D eigenvalue weighted by Crippen LogP contribution is 2.29. The Balaban J connectivity index is 2.36. The average Bonchev–Trinajstić information content (AvgIpc) is 2.65. The third kappa shape index (κ3) is 2.00. The van der Waals surface area contributed by atoms with Crippen molar-refractivity contribution in [2.24, 2.45) is 5.73 Å². The van der Waals surface area contributed by atoms with Crippen molar-refractivity contribution < 1.29 is 0 Å². The van der Waals surface area contributed by atoms with Gasteiger partial charge in [0.05, 0.1) is 10.4 Å². The maximum Gasteiger partial charge on any atom is 0.142 e. The van der Waals surface area contributed by atoms with Gasteiger partial charge >= 0.3 is 0 Å². The molecule has 0 unspecified atom stereocenters. The lowest BCUT2D eigenvalue weighted by molar-refractivity contribution is 0.818. The number of rotatable bonds is 2. The molecule has 1 aromatic heterocycles. The van der Waals surface area contributed by atoms with E-state index in [4.69, 9.17) is 11.5 Å². The molecule has 1 aromatic carbocycles. The molecule has 0 spiro atoms. The van der Waals surface area contributed by atoms with Gasteiger partial charge in [-0.15, -0.1) is 11.3 Å². The molecule has 1 atom stereocenters. The third-order valence-corrected chi connectivity index (χ3v) is 3.19. The maximum absolute atomic E-state index is 5.78. The van der Waals surface area contributed by atoms with Gasteiger partial charge < -0.3 is 11.5 Å². The molecule has 78 valence electrons. The van der Waals surface area contributed by atoms with E-state index in [1.165, 1.54) is 0 Å². The molecule has 0 bridgehead atoms. The summed E-state index contributed by atoms with van der Waals surface area (Å²) < 4.78 is 0. The largest absolute Gasteiger partial charge is 0.382 e. The van der Waals surface area contributed by atoms with Crippen LogP contribution in [0.4, 0.5) is 5.82 Å². The Kier molecular flexibility index (Phi) is 2.70. The van der Waals surface area contributed by atoms with Crippen molar-refractivity contribution in [3.63, 3.8) is 0 Å². The van der Waals surface area contributed by atoms with E-state index in [9.17, 15) is 0 Å². The van der Waals surface area contributed by atoms with Crippen LogP contribution in [-0.4, -0.2) is 4.98 Å². The second-order valence-electron chi connectivity index (χ2n) is 3.48. The van der Waals surface area contributed by atoms with E-state index >= 15 is 0 Å². The van der Waals surface area contributed by atoms with Gasteiger partial charge in [0.2, 0.25) is 0 Å². The van der Waals surface area contributed by atoms with E-state index in [0.717, 1.165) is 16.0 Å². The van der Waals surface area contributed by atoms with Gasteiger partial charge in [-0.25, -0.2) is 4.98 Å². The summed E-state index contributed by atoms with van der Waals surface area (Å²) in [6.45, 7) is 1.97. The van der Waals surface area contributed by atoms with Crippen LogP contribution in [0.3, 0.4) is 0 Å². The van der Waals surface area contributed by atoms with E-state index in [1.54, 1.807) is 16.8 Å². The molecule has 2 rings (SSSR count). The monoisotopic (exact) mass is 219 g/mol. The molecule has 0 radical (unpaired) electrons. The van der Waals surface area contributed by atoms with Crippen LogP contribution in [0, 0.1) is 0 Å². The molecule has 0 amide bonds. The van der Waals surface area contributed by atoms with E-state index < -0.39 is 0 Å². The summed E-state index contributed by atoms with van der Waals surface area (Å²) >= 11 is 1.55. The standard InChI is InChI=1S/C11H13N3S/c1-7(12)8-2-4-9(5-3-8)10-11(13)14-6-15-10/h2-7H,12-13H2,1H3/t7-/m0/s1. The van der Waals surface area contributed by atoms with Gasteiger partial charge in [0.1, 0.15) is 5.82 Å². The lowest BCUT2D eigenvalue weighted by Gasteiger charge is -2.06. The van der Waals surface area contributed by atoms with Crippen LogP contribution in [0.1, 0.15) is 18.5 Å². The Labute approximate surface area is 92.8 Å². The maximum atomic E-state index is 5.78. The summed E-state index contributed by atoms with van der Waals surface area (Å²) in [6.07, 6.45) is 0. The van der Waals surface area contributed by atoms with E-state index in [-0.39, 0.29) is 6.04 Å². The van der Waals surface area contributed by atoms with E-state index in [1.807, 2.05) is 31.2 Å². The van der Waals surface area contributed by atoms with Crippen molar-refractivity contribution in [2.45, 2.75) is 13.0 Å². The molecule has 2 aromatic rings. The second kappa shape index (κ2) is 4.00. The number of nitrogens with two attached hydrogens (primary N) is 2. The van der Waals surface area contributed by atoms with Crippen LogP contribution in [0.5, 0.6) is 0 Å². The minimum atomic E-state index is 0.0675. The highest BCUT2D eigenvalue weighted by atomic mass is 32.1. The fraction of sp³-hybridized carbons (Fsp3) is 0.182. The normalized spacial score (nSPS) is 12.7. The van der Waals surface area contributed by atoms with Gasteiger partial charge in [-0.05, 0) is 18.1 Å². The molecule has 0 aliphatic rings. The van der Waals surface area contributed by atoms with Crippen LogP contribution < -0.4 is 11.5 Å². The fourth-order valence-electron chi connectivity index (χ4n) is 1.41. The van der Waals surface area contributed by atoms with Crippen molar-refractivity contribution >= 4 is 17.2 Å². The van der Waals surface area contributed by atoms with Crippen molar-refractivity contribution in [1.29, 1.82) is 0 Å². The lowest BCUT2D eigenvalue weighted by atomic mass is 10.1. The number of anilines is 1.